The van der Waals surface area contributed by atoms with Crippen molar-refractivity contribution in [3.8, 4) is 0 Å². The van der Waals surface area contributed by atoms with Crippen LogP contribution >= 0.6 is 0 Å². The standard InChI is InChI=1S/C36H68O2/c1-3-5-7-9-11-13-15-17-19-21-23-25-27-29-31-33-35-34(36(37)38-35)32-30-28-26-24-22-20-18-16-14-12-10-8-6-4-2/h33-34H,3-32H2,1-2H3/b35-33-. The fourth-order valence-corrected chi connectivity index (χ4v) is 5.89. The van der Waals surface area contributed by atoms with Gasteiger partial charge in [-0.15, -0.1) is 0 Å². The minimum absolute atomic E-state index is 0.0203. The molecule has 1 saturated heterocycles. The molecule has 0 amide bonds. The third-order valence-electron chi connectivity index (χ3n) is 8.60. The summed E-state index contributed by atoms with van der Waals surface area (Å²) in [6, 6.07) is 0. The van der Waals surface area contributed by atoms with E-state index in [1.807, 2.05) is 0 Å². The van der Waals surface area contributed by atoms with Crippen molar-refractivity contribution in [1.29, 1.82) is 0 Å². The number of hydrogen-bond donors (Lipinski definition) is 0. The van der Waals surface area contributed by atoms with E-state index in [9.17, 15) is 4.79 Å². The first-order valence-corrected chi connectivity index (χ1v) is 17.7. The molecule has 1 aliphatic heterocycles. The summed E-state index contributed by atoms with van der Waals surface area (Å²) in [4.78, 5) is 11.9. The van der Waals surface area contributed by atoms with Gasteiger partial charge in [0, 0.05) is 0 Å². The highest BCUT2D eigenvalue weighted by atomic mass is 16.6. The van der Waals surface area contributed by atoms with Crippen LogP contribution in [0.1, 0.15) is 206 Å². The Kier molecular flexibility index (Phi) is 25.7. The van der Waals surface area contributed by atoms with Crippen LogP contribution in [0, 0.1) is 5.92 Å². The second-order valence-corrected chi connectivity index (χ2v) is 12.3. The number of cyclic esters (lactones) is 1. The molecule has 0 saturated carbocycles. The summed E-state index contributed by atoms with van der Waals surface area (Å²) >= 11 is 0. The number of allylic oxidation sites excluding steroid dienone is 1. The lowest BCUT2D eigenvalue weighted by Gasteiger charge is -2.28. The summed E-state index contributed by atoms with van der Waals surface area (Å²) in [6.45, 7) is 4.58. The van der Waals surface area contributed by atoms with Gasteiger partial charge in [0.25, 0.3) is 0 Å². The van der Waals surface area contributed by atoms with E-state index in [0.29, 0.717) is 0 Å². The van der Waals surface area contributed by atoms with E-state index in [-0.39, 0.29) is 11.9 Å². The Morgan fingerprint density at radius 1 is 0.474 bits per heavy atom. The maximum atomic E-state index is 11.9. The van der Waals surface area contributed by atoms with E-state index in [0.717, 1.165) is 18.6 Å². The van der Waals surface area contributed by atoms with E-state index in [4.69, 9.17) is 4.74 Å². The number of rotatable bonds is 30. The van der Waals surface area contributed by atoms with Crippen molar-refractivity contribution >= 4 is 5.97 Å². The van der Waals surface area contributed by atoms with Crippen LogP contribution in [0.5, 0.6) is 0 Å². The summed E-state index contributed by atoms with van der Waals surface area (Å²) in [5.41, 5.74) is 0. The first-order valence-electron chi connectivity index (χ1n) is 17.7. The van der Waals surface area contributed by atoms with E-state index in [1.165, 1.54) is 180 Å². The zero-order valence-corrected chi connectivity index (χ0v) is 26.2. The summed E-state index contributed by atoms with van der Waals surface area (Å²) in [7, 11) is 0. The predicted molar refractivity (Wildman–Crippen MR) is 168 cm³/mol. The van der Waals surface area contributed by atoms with Gasteiger partial charge < -0.3 is 4.74 Å². The fraction of sp³-hybridized carbons (Fsp3) is 0.917. The predicted octanol–water partition coefficient (Wildman–Crippen LogP) is 12.8. The highest BCUT2D eigenvalue weighted by molar-refractivity contribution is 5.82. The van der Waals surface area contributed by atoms with Gasteiger partial charge in [0.2, 0.25) is 0 Å². The van der Waals surface area contributed by atoms with Gasteiger partial charge in [-0.25, -0.2) is 0 Å². The maximum Gasteiger partial charge on any atom is 0.321 e. The van der Waals surface area contributed by atoms with Crippen molar-refractivity contribution in [3.63, 3.8) is 0 Å². The summed E-state index contributed by atoms with van der Waals surface area (Å²) < 4.78 is 5.36. The Morgan fingerprint density at radius 3 is 1.13 bits per heavy atom. The largest absolute Gasteiger partial charge is 0.430 e. The van der Waals surface area contributed by atoms with Crippen LogP contribution in [0.4, 0.5) is 0 Å². The van der Waals surface area contributed by atoms with Gasteiger partial charge in [0.1, 0.15) is 11.7 Å². The number of hydrogen-bond acceptors (Lipinski definition) is 2. The van der Waals surface area contributed by atoms with Crippen molar-refractivity contribution in [2.45, 2.75) is 206 Å². The first-order chi connectivity index (χ1) is 18.8. The fourth-order valence-electron chi connectivity index (χ4n) is 5.89. The highest BCUT2D eigenvalue weighted by Gasteiger charge is 2.36. The molecule has 2 nitrogen and oxygen atoms in total. The maximum absolute atomic E-state index is 11.9. The molecule has 0 aromatic rings. The second kappa shape index (κ2) is 27.8. The summed E-state index contributed by atoms with van der Waals surface area (Å²) in [5.74, 6) is 1.09. The van der Waals surface area contributed by atoms with Gasteiger partial charge in [0.15, 0.2) is 0 Å². The smallest absolute Gasteiger partial charge is 0.321 e. The molecule has 0 radical (unpaired) electrons. The van der Waals surface area contributed by atoms with E-state index >= 15 is 0 Å². The summed E-state index contributed by atoms with van der Waals surface area (Å²) in [6.07, 6.45) is 43.2. The Hall–Kier alpha value is -0.790. The zero-order valence-electron chi connectivity index (χ0n) is 26.2. The third kappa shape index (κ3) is 21.1. The summed E-state index contributed by atoms with van der Waals surface area (Å²) in [5, 5.41) is 0. The average Bonchev–Trinajstić information content (AvgIpc) is 2.92. The molecule has 0 bridgehead atoms. The van der Waals surface area contributed by atoms with E-state index < -0.39 is 0 Å². The monoisotopic (exact) mass is 533 g/mol. The van der Waals surface area contributed by atoms with Crippen molar-refractivity contribution in [3.05, 3.63) is 11.8 Å². The molecule has 2 heteroatoms. The Morgan fingerprint density at radius 2 is 0.789 bits per heavy atom. The van der Waals surface area contributed by atoms with Gasteiger partial charge in [-0.1, -0.05) is 187 Å². The molecular weight excluding hydrogens is 464 g/mol. The van der Waals surface area contributed by atoms with Crippen LogP contribution in [0.15, 0.2) is 11.8 Å². The Labute approximate surface area is 239 Å². The number of unbranched alkanes of at least 4 members (excludes halogenated alkanes) is 27. The van der Waals surface area contributed by atoms with E-state index in [2.05, 4.69) is 19.9 Å². The van der Waals surface area contributed by atoms with Crippen LogP contribution in [0.3, 0.4) is 0 Å². The van der Waals surface area contributed by atoms with Crippen LogP contribution in [-0.4, -0.2) is 5.97 Å². The number of carbonyl (C=O) groups excluding carboxylic acids is 1. The molecule has 0 aromatic carbocycles. The lowest BCUT2D eigenvalue weighted by Crippen LogP contribution is -2.32. The lowest BCUT2D eigenvalue weighted by molar-refractivity contribution is -0.157. The average molecular weight is 533 g/mol. The molecule has 0 aliphatic carbocycles. The normalized spacial score (nSPS) is 16.2. The van der Waals surface area contributed by atoms with Gasteiger partial charge in [-0.2, -0.15) is 0 Å². The topological polar surface area (TPSA) is 26.3 Å². The first kappa shape index (κ1) is 35.2. The molecule has 1 atom stereocenters. The molecule has 224 valence electrons. The van der Waals surface area contributed by atoms with Crippen LogP contribution in [-0.2, 0) is 9.53 Å². The Bertz CT molecular complexity index is 537. The van der Waals surface area contributed by atoms with Gasteiger partial charge in [0.05, 0.1) is 0 Å². The molecule has 0 spiro atoms. The number of carbonyl (C=O) groups is 1. The van der Waals surface area contributed by atoms with Gasteiger partial charge in [-0.05, 0) is 25.3 Å². The molecule has 1 rings (SSSR count). The molecule has 1 fully saturated rings. The highest BCUT2D eigenvalue weighted by Crippen LogP contribution is 2.32. The van der Waals surface area contributed by atoms with E-state index in [1.54, 1.807) is 0 Å². The molecule has 0 aromatic heterocycles. The van der Waals surface area contributed by atoms with Gasteiger partial charge in [-0.3, -0.25) is 4.79 Å². The van der Waals surface area contributed by atoms with Crippen molar-refractivity contribution in [2.75, 3.05) is 0 Å². The third-order valence-corrected chi connectivity index (χ3v) is 8.60. The van der Waals surface area contributed by atoms with Crippen LogP contribution in [0.25, 0.3) is 0 Å². The van der Waals surface area contributed by atoms with Gasteiger partial charge >= 0.3 is 5.97 Å². The quantitative estimate of drug-likeness (QED) is 0.0679. The van der Waals surface area contributed by atoms with Crippen molar-refractivity contribution in [2.24, 2.45) is 5.92 Å². The minimum Gasteiger partial charge on any atom is -0.430 e. The number of ether oxygens (including phenoxy) is 1. The second-order valence-electron chi connectivity index (χ2n) is 12.3. The molecule has 1 unspecified atom stereocenters. The molecular formula is C36H68O2. The number of esters is 1. The molecule has 1 aliphatic rings. The van der Waals surface area contributed by atoms with Crippen LogP contribution < -0.4 is 0 Å². The lowest BCUT2D eigenvalue weighted by atomic mass is 9.93. The Balaban J connectivity index is 1.85. The molecule has 38 heavy (non-hydrogen) atoms. The van der Waals surface area contributed by atoms with Crippen molar-refractivity contribution < 1.29 is 9.53 Å². The van der Waals surface area contributed by atoms with Crippen molar-refractivity contribution in [1.82, 2.24) is 0 Å². The van der Waals surface area contributed by atoms with Crippen LogP contribution in [0.2, 0.25) is 0 Å². The zero-order chi connectivity index (χ0) is 27.4. The molecule has 1 heterocycles. The molecule has 0 N–H and O–H groups in total. The SMILES string of the molecule is CCCCCCCCCCCCCCCC/C=C1\OC(=O)C1CCCCCCCCCCCCCCCC. The minimum atomic E-state index is 0.0203.